The standard InChI is InChI=1S/C14H30N2O/c1-7-11(15)12(13(2,3)4)16-8-9-17-10-14(16,5)6/h11-12H,7-10,15H2,1-6H3. The zero-order chi connectivity index (χ0) is 13.3. The van der Waals surface area contributed by atoms with E-state index in [9.17, 15) is 0 Å². The van der Waals surface area contributed by atoms with Crippen molar-refractivity contribution in [1.29, 1.82) is 0 Å². The molecule has 0 aromatic heterocycles. The van der Waals surface area contributed by atoms with Crippen LogP contribution in [0.25, 0.3) is 0 Å². The second-order valence-corrected chi connectivity index (χ2v) is 6.94. The van der Waals surface area contributed by atoms with Crippen LogP contribution in [-0.4, -0.2) is 42.3 Å². The summed E-state index contributed by atoms with van der Waals surface area (Å²) >= 11 is 0. The van der Waals surface area contributed by atoms with Gasteiger partial charge >= 0.3 is 0 Å². The molecular weight excluding hydrogens is 212 g/mol. The first-order valence-corrected chi connectivity index (χ1v) is 6.80. The van der Waals surface area contributed by atoms with Crippen LogP contribution < -0.4 is 5.73 Å². The zero-order valence-electron chi connectivity index (χ0n) is 12.4. The molecule has 0 aromatic carbocycles. The van der Waals surface area contributed by atoms with Gasteiger partial charge in [-0.05, 0) is 25.7 Å². The van der Waals surface area contributed by atoms with Crippen molar-refractivity contribution in [3.05, 3.63) is 0 Å². The van der Waals surface area contributed by atoms with Gasteiger partial charge in [0.15, 0.2) is 0 Å². The van der Waals surface area contributed by atoms with E-state index < -0.39 is 0 Å². The molecule has 1 aliphatic rings. The predicted octanol–water partition coefficient (Wildman–Crippen LogP) is 2.25. The van der Waals surface area contributed by atoms with Crippen molar-refractivity contribution in [2.45, 2.75) is 65.6 Å². The van der Waals surface area contributed by atoms with Gasteiger partial charge < -0.3 is 10.5 Å². The third kappa shape index (κ3) is 3.43. The number of hydrogen-bond donors (Lipinski definition) is 1. The highest BCUT2D eigenvalue weighted by atomic mass is 16.5. The molecule has 0 aliphatic carbocycles. The topological polar surface area (TPSA) is 38.5 Å². The Morgan fingerprint density at radius 1 is 1.35 bits per heavy atom. The van der Waals surface area contributed by atoms with Crippen LogP contribution in [0.15, 0.2) is 0 Å². The van der Waals surface area contributed by atoms with Gasteiger partial charge in [0.05, 0.1) is 13.2 Å². The van der Waals surface area contributed by atoms with Gasteiger partial charge in [0.1, 0.15) is 0 Å². The lowest BCUT2D eigenvalue weighted by Crippen LogP contribution is -2.65. The van der Waals surface area contributed by atoms with E-state index in [-0.39, 0.29) is 17.0 Å². The molecule has 1 heterocycles. The molecule has 1 saturated heterocycles. The van der Waals surface area contributed by atoms with Crippen LogP contribution in [0.3, 0.4) is 0 Å². The van der Waals surface area contributed by atoms with Gasteiger partial charge in [-0.2, -0.15) is 0 Å². The summed E-state index contributed by atoms with van der Waals surface area (Å²) in [5, 5.41) is 0. The van der Waals surface area contributed by atoms with Gasteiger partial charge in [0.25, 0.3) is 0 Å². The van der Waals surface area contributed by atoms with Crippen molar-refractivity contribution in [2.24, 2.45) is 11.1 Å². The number of rotatable bonds is 3. The molecule has 0 bridgehead atoms. The Bertz CT molecular complexity index is 245. The summed E-state index contributed by atoms with van der Waals surface area (Å²) in [6.07, 6.45) is 1.02. The first-order chi connectivity index (χ1) is 7.70. The fourth-order valence-corrected chi connectivity index (χ4v) is 2.95. The molecule has 17 heavy (non-hydrogen) atoms. The molecule has 0 amide bonds. The maximum atomic E-state index is 6.37. The van der Waals surface area contributed by atoms with E-state index in [0.29, 0.717) is 6.04 Å². The lowest BCUT2D eigenvalue weighted by Gasteiger charge is -2.52. The molecule has 0 aromatic rings. The Labute approximate surface area is 107 Å². The number of hydrogen-bond acceptors (Lipinski definition) is 3. The number of morpholine rings is 1. The normalized spacial score (nSPS) is 25.6. The molecule has 2 atom stereocenters. The van der Waals surface area contributed by atoms with Crippen LogP contribution in [0.4, 0.5) is 0 Å². The third-order valence-electron chi connectivity index (χ3n) is 3.81. The molecule has 2 unspecified atom stereocenters. The molecule has 3 heteroatoms. The molecule has 0 saturated carbocycles. The second kappa shape index (κ2) is 5.25. The van der Waals surface area contributed by atoms with Gasteiger partial charge in [0.2, 0.25) is 0 Å². The molecule has 102 valence electrons. The Morgan fingerprint density at radius 2 is 1.94 bits per heavy atom. The first-order valence-electron chi connectivity index (χ1n) is 6.80. The zero-order valence-corrected chi connectivity index (χ0v) is 12.4. The Morgan fingerprint density at radius 3 is 2.35 bits per heavy atom. The quantitative estimate of drug-likeness (QED) is 0.825. The van der Waals surface area contributed by atoms with Crippen LogP contribution in [0.1, 0.15) is 48.0 Å². The summed E-state index contributed by atoms with van der Waals surface area (Å²) in [6, 6.07) is 0.638. The summed E-state index contributed by atoms with van der Waals surface area (Å²) < 4.78 is 5.61. The minimum absolute atomic E-state index is 0.0863. The fourth-order valence-electron chi connectivity index (χ4n) is 2.95. The highest BCUT2D eigenvalue weighted by Gasteiger charge is 2.42. The minimum Gasteiger partial charge on any atom is -0.378 e. The lowest BCUT2D eigenvalue weighted by atomic mass is 9.78. The smallest absolute Gasteiger partial charge is 0.0645 e. The van der Waals surface area contributed by atoms with E-state index in [4.69, 9.17) is 10.5 Å². The van der Waals surface area contributed by atoms with Crippen molar-refractivity contribution >= 4 is 0 Å². The molecule has 2 N–H and O–H groups in total. The summed E-state index contributed by atoms with van der Waals surface area (Å²) in [6.45, 7) is 16.2. The van der Waals surface area contributed by atoms with Crippen LogP contribution in [-0.2, 0) is 4.74 Å². The van der Waals surface area contributed by atoms with Crippen LogP contribution in [0.5, 0.6) is 0 Å². The number of nitrogens with two attached hydrogens (primary N) is 1. The van der Waals surface area contributed by atoms with Crippen LogP contribution in [0.2, 0.25) is 0 Å². The van der Waals surface area contributed by atoms with Crippen molar-refractivity contribution in [1.82, 2.24) is 4.90 Å². The number of nitrogens with zero attached hydrogens (tertiary/aromatic N) is 1. The average molecular weight is 242 g/mol. The Kier molecular flexibility index (Phi) is 4.61. The maximum absolute atomic E-state index is 6.37. The van der Waals surface area contributed by atoms with E-state index in [2.05, 4.69) is 46.4 Å². The summed E-state index contributed by atoms with van der Waals surface area (Å²) in [4.78, 5) is 2.56. The fraction of sp³-hybridized carbons (Fsp3) is 1.00. The third-order valence-corrected chi connectivity index (χ3v) is 3.81. The second-order valence-electron chi connectivity index (χ2n) is 6.94. The molecular formula is C14H30N2O. The van der Waals surface area contributed by atoms with Gasteiger partial charge in [0, 0.05) is 24.2 Å². The molecule has 0 radical (unpaired) electrons. The van der Waals surface area contributed by atoms with Crippen molar-refractivity contribution in [3.8, 4) is 0 Å². The summed E-state index contributed by atoms with van der Waals surface area (Å²) in [5.74, 6) is 0. The van der Waals surface area contributed by atoms with E-state index in [0.717, 1.165) is 26.2 Å². The number of ether oxygens (including phenoxy) is 1. The van der Waals surface area contributed by atoms with Crippen molar-refractivity contribution in [3.63, 3.8) is 0 Å². The summed E-state index contributed by atoms with van der Waals surface area (Å²) in [7, 11) is 0. The minimum atomic E-state index is 0.0863. The van der Waals surface area contributed by atoms with E-state index >= 15 is 0 Å². The van der Waals surface area contributed by atoms with Crippen LogP contribution in [0, 0.1) is 5.41 Å². The molecule has 1 aliphatic heterocycles. The predicted molar refractivity (Wildman–Crippen MR) is 73.1 cm³/mol. The van der Waals surface area contributed by atoms with E-state index in [1.807, 2.05) is 0 Å². The highest BCUT2D eigenvalue weighted by molar-refractivity contribution is 4.98. The Balaban J connectivity index is 2.96. The van der Waals surface area contributed by atoms with Gasteiger partial charge in [-0.15, -0.1) is 0 Å². The van der Waals surface area contributed by atoms with Gasteiger partial charge in [-0.3, -0.25) is 4.90 Å². The monoisotopic (exact) mass is 242 g/mol. The lowest BCUT2D eigenvalue weighted by molar-refractivity contribution is -0.0984. The maximum Gasteiger partial charge on any atom is 0.0645 e. The SMILES string of the molecule is CCC(N)C(N1CCOCC1(C)C)C(C)(C)C. The van der Waals surface area contributed by atoms with Gasteiger partial charge in [-0.1, -0.05) is 27.7 Å². The Hall–Kier alpha value is -0.120. The van der Waals surface area contributed by atoms with Crippen molar-refractivity contribution in [2.75, 3.05) is 19.8 Å². The molecule has 1 fully saturated rings. The molecule has 3 nitrogen and oxygen atoms in total. The highest BCUT2D eigenvalue weighted by Crippen LogP contribution is 2.33. The van der Waals surface area contributed by atoms with Crippen LogP contribution >= 0.6 is 0 Å². The van der Waals surface area contributed by atoms with E-state index in [1.54, 1.807) is 0 Å². The van der Waals surface area contributed by atoms with Crippen molar-refractivity contribution < 1.29 is 4.74 Å². The largest absolute Gasteiger partial charge is 0.378 e. The molecule has 1 rings (SSSR count). The van der Waals surface area contributed by atoms with Gasteiger partial charge in [-0.25, -0.2) is 0 Å². The van der Waals surface area contributed by atoms with E-state index in [1.165, 1.54) is 0 Å². The first kappa shape index (κ1) is 14.9. The molecule has 0 spiro atoms. The summed E-state index contributed by atoms with van der Waals surface area (Å²) in [5.41, 5.74) is 6.66. The average Bonchev–Trinajstić information content (AvgIpc) is 2.18.